The first-order chi connectivity index (χ1) is 10.6. The minimum atomic E-state index is -1.26. The highest BCUT2D eigenvalue weighted by Gasteiger charge is 2.38. The molecule has 23 heavy (non-hydrogen) atoms. The summed E-state index contributed by atoms with van der Waals surface area (Å²) >= 11 is 0. The minimum Gasteiger partial charge on any atom is -0.481 e. The summed E-state index contributed by atoms with van der Waals surface area (Å²) in [7, 11) is 0. The number of halogens is 1. The number of carbonyl (C=O) groups excluding carboxylic acids is 1. The molecule has 2 N–H and O–H groups in total. The molecule has 1 aromatic heterocycles. The summed E-state index contributed by atoms with van der Waals surface area (Å²) in [5, 5.41) is 12.1. The molecule has 0 bridgehead atoms. The second-order valence-electron chi connectivity index (χ2n) is 6.48. The molecule has 0 spiro atoms. The summed E-state index contributed by atoms with van der Waals surface area (Å²) < 4.78 is 18.4. The third-order valence-electron chi connectivity index (χ3n) is 3.40. The van der Waals surface area contributed by atoms with Gasteiger partial charge in [-0.1, -0.05) is 6.92 Å². The summed E-state index contributed by atoms with van der Waals surface area (Å²) in [4.78, 5) is 27.2. The van der Waals surface area contributed by atoms with Crippen LogP contribution in [0, 0.1) is 11.2 Å². The quantitative estimate of drug-likeness (QED) is 0.839. The van der Waals surface area contributed by atoms with Gasteiger partial charge in [0.1, 0.15) is 11.4 Å². The molecule has 1 amide bonds. The molecular weight excluding hydrogens is 303 g/mol. The molecule has 0 aliphatic heterocycles. The molecule has 128 valence electrons. The highest BCUT2D eigenvalue weighted by Crippen LogP contribution is 2.27. The molecule has 1 aromatic rings. The minimum absolute atomic E-state index is 0.0550. The molecule has 1 unspecified atom stereocenters. The molecule has 7 heteroatoms. The number of carboxylic acid groups (broad SMARTS) is 1. The van der Waals surface area contributed by atoms with Crippen LogP contribution in [-0.2, 0) is 16.0 Å². The van der Waals surface area contributed by atoms with E-state index < -0.39 is 28.9 Å². The van der Waals surface area contributed by atoms with Crippen molar-refractivity contribution in [3.63, 3.8) is 0 Å². The third kappa shape index (κ3) is 5.84. The Morgan fingerprint density at radius 1 is 1.35 bits per heavy atom. The van der Waals surface area contributed by atoms with Crippen LogP contribution < -0.4 is 5.32 Å². The molecule has 0 aliphatic carbocycles. The van der Waals surface area contributed by atoms with Crippen LogP contribution in [0.2, 0.25) is 0 Å². The summed E-state index contributed by atoms with van der Waals surface area (Å²) in [5.41, 5.74) is -1.47. The Morgan fingerprint density at radius 2 is 2.00 bits per heavy atom. The lowest BCUT2D eigenvalue weighted by Crippen LogP contribution is -2.45. The largest absolute Gasteiger partial charge is 0.481 e. The lowest BCUT2D eigenvalue weighted by Gasteiger charge is -2.29. The monoisotopic (exact) mass is 326 g/mol. The summed E-state index contributed by atoms with van der Waals surface area (Å²) in [6, 6.07) is 1.24. The van der Waals surface area contributed by atoms with Crippen molar-refractivity contribution in [2.75, 3.05) is 6.54 Å². The van der Waals surface area contributed by atoms with Crippen LogP contribution in [0.1, 0.15) is 39.7 Å². The van der Waals surface area contributed by atoms with Gasteiger partial charge in [-0.05, 0) is 45.2 Å². The molecular formula is C16H23FN2O4. The van der Waals surface area contributed by atoms with Crippen molar-refractivity contribution in [2.24, 2.45) is 5.41 Å². The van der Waals surface area contributed by atoms with E-state index in [-0.39, 0.29) is 19.4 Å². The number of rotatable bonds is 6. The number of aromatic nitrogens is 1. The first-order valence-corrected chi connectivity index (χ1v) is 7.38. The van der Waals surface area contributed by atoms with E-state index in [0.717, 1.165) is 6.20 Å². The number of nitrogens with one attached hydrogen (secondary N) is 1. The first-order valence-electron chi connectivity index (χ1n) is 7.38. The Kier molecular flexibility index (Phi) is 6.06. The lowest BCUT2D eigenvalue weighted by molar-refractivity contribution is -0.148. The first kappa shape index (κ1) is 18.9. The van der Waals surface area contributed by atoms with E-state index in [9.17, 15) is 19.1 Å². The predicted octanol–water partition coefficient (Wildman–Crippen LogP) is 2.77. The Hall–Kier alpha value is -2.18. The number of amides is 1. The number of ether oxygens (including phenoxy) is 1. The van der Waals surface area contributed by atoms with E-state index in [1.54, 1.807) is 27.7 Å². The SMILES string of the molecule is CCC(CNC(=O)OC(C)(C)C)(Cc1cncc(F)c1)C(=O)O. The van der Waals surface area contributed by atoms with Gasteiger partial charge in [0, 0.05) is 12.7 Å². The number of hydrogen-bond donors (Lipinski definition) is 2. The third-order valence-corrected chi connectivity index (χ3v) is 3.40. The number of carboxylic acids is 1. The van der Waals surface area contributed by atoms with Gasteiger partial charge in [0.05, 0.1) is 11.6 Å². The van der Waals surface area contributed by atoms with Gasteiger partial charge in [0.25, 0.3) is 0 Å². The van der Waals surface area contributed by atoms with Gasteiger partial charge in [-0.25, -0.2) is 9.18 Å². The fraction of sp³-hybridized carbons (Fsp3) is 0.562. The number of hydrogen-bond acceptors (Lipinski definition) is 4. The van der Waals surface area contributed by atoms with E-state index in [1.807, 2.05) is 0 Å². The van der Waals surface area contributed by atoms with E-state index >= 15 is 0 Å². The topological polar surface area (TPSA) is 88.5 Å². The van der Waals surface area contributed by atoms with Crippen molar-refractivity contribution >= 4 is 12.1 Å². The molecule has 0 aliphatic rings. The zero-order valence-corrected chi connectivity index (χ0v) is 13.9. The Balaban J connectivity index is 2.86. The highest BCUT2D eigenvalue weighted by molar-refractivity contribution is 5.77. The number of aliphatic carboxylic acids is 1. The molecule has 0 radical (unpaired) electrons. The van der Waals surface area contributed by atoms with Crippen LogP contribution in [0.4, 0.5) is 9.18 Å². The van der Waals surface area contributed by atoms with Crippen molar-refractivity contribution in [3.05, 3.63) is 29.8 Å². The van der Waals surface area contributed by atoms with Crippen LogP contribution in [0.5, 0.6) is 0 Å². The van der Waals surface area contributed by atoms with Crippen LogP contribution in [0.15, 0.2) is 18.5 Å². The van der Waals surface area contributed by atoms with E-state index in [1.165, 1.54) is 12.3 Å². The van der Waals surface area contributed by atoms with Gasteiger partial charge in [-0.2, -0.15) is 0 Å². The van der Waals surface area contributed by atoms with Crippen molar-refractivity contribution in [1.29, 1.82) is 0 Å². The molecule has 1 atom stereocenters. The predicted molar refractivity (Wildman–Crippen MR) is 82.5 cm³/mol. The molecule has 1 rings (SSSR count). The molecule has 0 aromatic carbocycles. The van der Waals surface area contributed by atoms with Crippen molar-refractivity contribution in [3.8, 4) is 0 Å². The lowest BCUT2D eigenvalue weighted by atomic mass is 9.79. The smallest absolute Gasteiger partial charge is 0.407 e. The number of nitrogens with zero attached hydrogens (tertiary/aromatic N) is 1. The maximum Gasteiger partial charge on any atom is 0.407 e. The van der Waals surface area contributed by atoms with Gasteiger partial charge in [0.2, 0.25) is 0 Å². The molecule has 0 fully saturated rings. The Morgan fingerprint density at radius 3 is 2.48 bits per heavy atom. The molecule has 0 saturated heterocycles. The maximum atomic E-state index is 13.2. The fourth-order valence-corrected chi connectivity index (χ4v) is 2.11. The summed E-state index contributed by atoms with van der Waals surface area (Å²) in [6.45, 7) is 6.74. The van der Waals surface area contributed by atoms with Crippen LogP contribution in [0.3, 0.4) is 0 Å². The van der Waals surface area contributed by atoms with Crippen LogP contribution in [-0.4, -0.2) is 34.3 Å². The van der Waals surface area contributed by atoms with Gasteiger partial charge in [0.15, 0.2) is 0 Å². The zero-order valence-electron chi connectivity index (χ0n) is 13.9. The number of alkyl carbamates (subject to hydrolysis) is 1. The average Bonchev–Trinajstić information content (AvgIpc) is 2.41. The second-order valence-corrected chi connectivity index (χ2v) is 6.48. The molecule has 1 heterocycles. The normalized spacial score (nSPS) is 14.0. The van der Waals surface area contributed by atoms with Gasteiger partial charge >= 0.3 is 12.1 Å². The molecule has 0 saturated carbocycles. The van der Waals surface area contributed by atoms with Crippen molar-refractivity contribution in [2.45, 2.75) is 46.1 Å². The maximum absolute atomic E-state index is 13.2. The summed E-state index contributed by atoms with van der Waals surface area (Å²) in [5.74, 6) is -1.60. The van der Waals surface area contributed by atoms with Gasteiger partial charge in [-0.15, -0.1) is 0 Å². The van der Waals surface area contributed by atoms with E-state index in [2.05, 4.69) is 10.3 Å². The zero-order chi connectivity index (χ0) is 17.7. The van der Waals surface area contributed by atoms with Crippen LogP contribution >= 0.6 is 0 Å². The summed E-state index contributed by atoms with van der Waals surface area (Å²) in [6.07, 6.45) is 2.10. The Bertz CT molecular complexity index is 571. The molecule has 6 nitrogen and oxygen atoms in total. The van der Waals surface area contributed by atoms with Crippen molar-refractivity contribution < 1.29 is 23.8 Å². The van der Waals surface area contributed by atoms with Gasteiger partial charge < -0.3 is 15.2 Å². The number of carbonyl (C=O) groups is 2. The standard InChI is InChI=1S/C16H23FN2O4/c1-5-16(13(20)21,7-11-6-12(17)9-18-8-11)10-19-14(22)23-15(2,3)4/h6,8-9H,5,7,10H2,1-4H3,(H,19,22)(H,20,21). The highest BCUT2D eigenvalue weighted by atomic mass is 19.1. The van der Waals surface area contributed by atoms with E-state index in [4.69, 9.17) is 4.74 Å². The average molecular weight is 326 g/mol. The van der Waals surface area contributed by atoms with Crippen molar-refractivity contribution in [1.82, 2.24) is 10.3 Å². The van der Waals surface area contributed by atoms with E-state index in [0.29, 0.717) is 5.56 Å². The van der Waals surface area contributed by atoms with Crippen LogP contribution in [0.25, 0.3) is 0 Å². The number of pyridine rings is 1. The fourth-order valence-electron chi connectivity index (χ4n) is 2.11. The second kappa shape index (κ2) is 7.39. The van der Waals surface area contributed by atoms with Gasteiger partial charge in [-0.3, -0.25) is 9.78 Å². The Labute approximate surface area is 135 Å².